The first-order valence-electron chi connectivity index (χ1n) is 8.07. The molecule has 3 heterocycles. The Morgan fingerprint density at radius 1 is 1.23 bits per heavy atom. The van der Waals surface area contributed by atoms with Crippen LogP contribution in [0.15, 0.2) is 51.6 Å². The second-order valence-corrected chi connectivity index (χ2v) is 9.07. The van der Waals surface area contributed by atoms with Gasteiger partial charge in [0.15, 0.2) is 0 Å². The van der Waals surface area contributed by atoms with Crippen LogP contribution in [-0.2, 0) is 16.4 Å². The topological polar surface area (TPSA) is 83.1 Å². The van der Waals surface area contributed by atoms with Gasteiger partial charge in [-0.3, -0.25) is 9.10 Å². The van der Waals surface area contributed by atoms with Crippen LogP contribution >= 0.6 is 11.3 Å². The molecule has 3 rings (SSSR count). The molecule has 0 spiro atoms. The van der Waals surface area contributed by atoms with E-state index < -0.39 is 10.0 Å². The van der Waals surface area contributed by atoms with Crippen molar-refractivity contribution < 1.29 is 8.42 Å². The van der Waals surface area contributed by atoms with Crippen LogP contribution in [0.2, 0.25) is 0 Å². The van der Waals surface area contributed by atoms with Crippen molar-refractivity contribution in [2.75, 3.05) is 11.4 Å². The Labute approximate surface area is 156 Å². The van der Waals surface area contributed by atoms with E-state index in [4.69, 9.17) is 0 Å². The van der Waals surface area contributed by atoms with Gasteiger partial charge < -0.3 is 4.98 Å². The Morgan fingerprint density at radius 3 is 2.65 bits per heavy atom. The summed E-state index contributed by atoms with van der Waals surface area (Å²) < 4.78 is 27.1. The monoisotopic (exact) mass is 389 g/mol. The molecule has 0 saturated heterocycles. The molecule has 0 aliphatic heterocycles. The molecule has 0 aliphatic rings. The van der Waals surface area contributed by atoms with Crippen molar-refractivity contribution in [2.45, 2.75) is 24.5 Å². The number of hydrogen-bond acceptors (Lipinski definition) is 5. The number of aromatic nitrogens is 2. The lowest BCUT2D eigenvalue weighted by Gasteiger charge is -2.16. The standard InChI is InChI=1S/C18H19N3O3S2/c1-4-13-11-14(12(2)20-18(13)22)15-8-9-17(25-15)26(23,24)21(3)16-7-5-6-10-19-16/h5-11H,4H2,1-3H3,(H,20,22). The van der Waals surface area contributed by atoms with Crippen LogP contribution in [-0.4, -0.2) is 25.4 Å². The molecule has 0 unspecified atom stereocenters. The smallest absolute Gasteiger partial charge is 0.274 e. The van der Waals surface area contributed by atoms with Crippen molar-refractivity contribution in [3.05, 3.63) is 64.2 Å². The zero-order valence-electron chi connectivity index (χ0n) is 14.7. The van der Waals surface area contributed by atoms with Gasteiger partial charge in [0, 0.05) is 34.9 Å². The van der Waals surface area contributed by atoms with Crippen LogP contribution in [0.3, 0.4) is 0 Å². The van der Waals surface area contributed by atoms with Crippen LogP contribution in [0.25, 0.3) is 10.4 Å². The highest BCUT2D eigenvalue weighted by Crippen LogP contribution is 2.34. The highest BCUT2D eigenvalue weighted by molar-refractivity contribution is 7.94. The predicted molar refractivity (Wildman–Crippen MR) is 104 cm³/mol. The molecule has 0 saturated carbocycles. The minimum atomic E-state index is -3.70. The highest BCUT2D eigenvalue weighted by atomic mass is 32.2. The molecular weight excluding hydrogens is 370 g/mol. The molecular formula is C18H19N3O3S2. The average Bonchev–Trinajstić information content (AvgIpc) is 3.12. The number of nitrogens with one attached hydrogen (secondary N) is 1. The van der Waals surface area contributed by atoms with Crippen molar-refractivity contribution in [3.63, 3.8) is 0 Å². The van der Waals surface area contributed by atoms with Gasteiger partial charge in [-0.2, -0.15) is 0 Å². The lowest BCUT2D eigenvalue weighted by molar-refractivity contribution is 0.596. The van der Waals surface area contributed by atoms with Crippen molar-refractivity contribution in [1.82, 2.24) is 9.97 Å². The zero-order valence-corrected chi connectivity index (χ0v) is 16.3. The molecule has 1 N–H and O–H groups in total. The van der Waals surface area contributed by atoms with Gasteiger partial charge in [0.25, 0.3) is 15.6 Å². The van der Waals surface area contributed by atoms with Gasteiger partial charge in [-0.05, 0) is 43.7 Å². The van der Waals surface area contributed by atoms with Crippen LogP contribution in [0.5, 0.6) is 0 Å². The Bertz CT molecular complexity index is 1090. The fourth-order valence-corrected chi connectivity index (χ4v) is 5.29. The Hall–Kier alpha value is -2.45. The molecule has 3 aromatic heterocycles. The quantitative estimate of drug-likeness (QED) is 0.726. The summed E-state index contributed by atoms with van der Waals surface area (Å²) in [6.07, 6.45) is 2.17. The molecule has 0 aromatic carbocycles. The molecule has 3 aromatic rings. The van der Waals surface area contributed by atoms with Gasteiger partial charge >= 0.3 is 0 Å². The number of rotatable bonds is 5. The van der Waals surface area contributed by atoms with E-state index in [0.717, 1.165) is 16.1 Å². The first-order valence-corrected chi connectivity index (χ1v) is 10.3. The van der Waals surface area contributed by atoms with E-state index >= 15 is 0 Å². The number of nitrogens with zero attached hydrogens (tertiary/aromatic N) is 2. The van der Waals surface area contributed by atoms with Crippen molar-refractivity contribution >= 4 is 27.2 Å². The van der Waals surface area contributed by atoms with Crippen molar-refractivity contribution in [2.24, 2.45) is 0 Å². The summed E-state index contributed by atoms with van der Waals surface area (Å²) >= 11 is 1.18. The van der Waals surface area contributed by atoms with Crippen LogP contribution in [0.4, 0.5) is 5.82 Å². The first-order chi connectivity index (χ1) is 12.3. The largest absolute Gasteiger partial charge is 0.326 e. The normalized spacial score (nSPS) is 11.5. The summed E-state index contributed by atoms with van der Waals surface area (Å²) in [5.41, 5.74) is 2.13. The van der Waals surface area contributed by atoms with E-state index in [0.29, 0.717) is 17.8 Å². The molecule has 0 aliphatic carbocycles. The molecule has 0 amide bonds. The number of H-pyrrole nitrogens is 1. The summed E-state index contributed by atoms with van der Waals surface area (Å²) in [4.78, 5) is 19.6. The maximum Gasteiger partial charge on any atom is 0.274 e. The number of thiophene rings is 1. The molecule has 0 atom stereocenters. The fraction of sp³-hybridized carbons (Fsp3) is 0.222. The number of pyridine rings is 2. The van der Waals surface area contributed by atoms with Gasteiger partial charge in [0.2, 0.25) is 0 Å². The third kappa shape index (κ3) is 3.30. The number of anilines is 1. The molecule has 136 valence electrons. The average molecular weight is 390 g/mol. The van der Waals surface area contributed by atoms with Gasteiger partial charge in [-0.15, -0.1) is 11.3 Å². The minimum absolute atomic E-state index is 0.104. The Morgan fingerprint density at radius 2 is 2.00 bits per heavy atom. The highest BCUT2D eigenvalue weighted by Gasteiger charge is 2.24. The molecule has 0 radical (unpaired) electrons. The van der Waals surface area contributed by atoms with E-state index in [1.165, 1.54) is 22.7 Å². The summed E-state index contributed by atoms with van der Waals surface area (Å²) in [6, 6.07) is 10.3. The van der Waals surface area contributed by atoms with Crippen molar-refractivity contribution in [3.8, 4) is 10.4 Å². The SMILES string of the molecule is CCc1cc(-c2ccc(S(=O)(=O)N(C)c3ccccn3)s2)c(C)[nH]c1=O. The molecule has 8 heteroatoms. The maximum absolute atomic E-state index is 12.9. The minimum Gasteiger partial charge on any atom is -0.326 e. The maximum atomic E-state index is 12.9. The first kappa shape index (κ1) is 18.3. The second-order valence-electron chi connectivity index (χ2n) is 5.80. The van der Waals surface area contributed by atoms with Gasteiger partial charge in [-0.1, -0.05) is 13.0 Å². The van der Waals surface area contributed by atoms with Crippen LogP contribution in [0, 0.1) is 6.92 Å². The van der Waals surface area contributed by atoms with Crippen LogP contribution < -0.4 is 9.86 Å². The number of hydrogen-bond donors (Lipinski definition) is 1. The molecule has 6 nitrogen and oxygen atoms in total. The Kier molecular flexibility index (Phi) is 4.97. The van der Waals surface area contributed by atoms with Crippen molar-refractivity contribution in [1.29, 1.82) is 0 Å². The van der Waals surface area contributed by atoms with E-state index in [2.05, 4.69) is 9.97 Å². The van der Waals surface area contributed by atoms with E-state index in [9.17, 15) is 13.2 Å². The van der Waals surface area contributed by atoms with E-state index in [-0.39, 0.29) is 9.77 Å². The van der Waals surface area contributed by atoms with Gasteiger partial charge in [-0.25, -0.2) is 13.4 Å². The van der Waals surface area contributed by atoms with Gasteiger partial charge in [0.1, 0.15) is 10.0 Å². The second kappa shape index (κ2) is 7.05. The third-order valence-corrected chi connectivity index (χ3v) is 7.48. The molecule has 26 heavy (non-hydrogen) atoms. The summed E-state index contributed by atoms with van der Waals surface area (Å²) in [6.45, 7) is 3.72. The number of aryl methyl sites for hydroxylation is 2. The Balaban J connectivity index is 2.01. The predicted octanol–water partition coefficient (Wildman–Crippen LogP) is 3.19. The molecule has 0 bridgehead atoms. The molecule has 0 fully saturated rings. The lowest BCUT2D eigenvalue weighted by Crippen LogP contribution is -2.26. The summed E-state index contributed by atoms with van der Waals surface area (Å²) in [5, 5.41) is 0. The van der Waals surface area contributed by atoms with Gasteiger partial charge in [0.05, 0.1) is 0 Å². The van der Waals surface area contributed by atoms with E-state index in [1.807, 2.05) is 19.9 Å². The number of sulfonamides is 1. The van der Waals surface area contributed by atoms with E-state index in [1.54, 1.807) is 36.5 Å². The zero-order chi connectivity index (χ0) is 18.9. The van der Waals surface area contributed by atoms with Crippen LogP contribution in [0.1, 0.15) is 18.2 Å². The summed E-state index contributed by atoms with van der Waals surface area (Å²) in [5.74, 6) is 0.357. The fourth-order valence-electron chi connectivity index (χ4n) is 2.59. The summed E-state index contributed by atoms with van der Waals surface area (Å²) in [7, 11) is -2.21. The number of aromatic amines is 1. The third-order valence-electron chi connectivity index (χ3n) is 4.13. The lowest BCUT2D eigenvalue weighted by atomic mass is 10.1.